The van der Waals surface area contributed by atoms with Gasteiger partial charge in [0.05, 0.1) is 0 Å². The Kier molecular flexibility index (Phi) is 4.09. The standard InChI is InChI=1S/C17H21FN2/c1-11-8-9-15(12(2)10-11)20(4)16-7-5-6-14(18)17(16)13(3)19/h5-10,13H,19H2,1-4H3/t13-/m0/s1. The van der Waals surface area contributed by atoms with Crippen molar-refractivity contribution in [1.29, 1.82) is 0 Å². The van der Waals surface area contributed by atoms with E-state index in [1.54, 1.807) is 13.0 Å². The number of nitrogens with zero attached hydrogens (tertiary/aromatic N) is 1. The molecule has 20 heavy (non-hydrogen) atoms. The van der Waals surface area contributed by atoms with Crippen molar-refractivity contribution >= 4 is 11.4 Å². The number of benzene rings is 2. The minimum Gasteiger partial charge on any atom is -0.344 e. The summed E-state index contributed by atoms with van der Waals surface area (Å²) in [5.41, 5.74) is 10.7. The molecule has 0 saturated heterocycles. The van der Waals surface area contributed by atoms with Gasteiger partial charge in [-0.15, -0.1) is 0 Å². The predicted octanol–water partition coefficient (Wildman–Crippen LogP) is 4.23. The zero-order chi connectivity index (χ0) is 14.9. The summed E-state index contributed by atoms with van der Waals surface area (Å²) < 4.78 is 14.0. The van der Waals surface area contributed by atoms with Gasteiger partial charge in [-0.3, -0.25) is 0 Å². The first-order valence-corrected chi connectivity index (χ1v) is 6.76. The van der Waals surface area contributed by atoms with Crippen LogP contribution in [0.1, 0.15) is 29.7 Å². The maximum absolute atomic E-state index is 14.0. The molecule has 0 unspecified atom stereocenters. The summed E-state index contributed by atoms with van der Waals surface area (Å²) in [6.45, 7) is 5.92. The quantitative estimate of drug-likeness (QED) is 0.906. The Labute approximate surface area is 120 Å². The molecular formula is C17H21FN2. The number of anilines is 2. The highest BCUT2D eigenvalue weighted by Crippen LogP contribution is 2.33. The molecular weight excluding hydrogens is 251 g/mol. The molecule has 3 heteroatoms. The van der Waals surface area contributed by atoms with Crippen molar-refractivity contribution in [3.05, 3.63) is 58.9 Å². The van der Waals surface area contributed by atoms with Crippen molar-refractivity contribution in [3.63, 3.8) is 0 Å². The monoisotopic (exact) mass is 272 g/mol. The maximum atomic E-state index is 14.0. The average Bonchev–Trinajstić information content (AvgIpc) is 2.37. The molecule has 0 aromatic heterocycles. The van der Waals surface area contributed by atoms with E-state index in [1.807, 2.05) is 18.0 Å². The van der Waals surface area contributed by atoms with Crippen molar-refractivity contribution in [2.24, 2.45) is 5.73 Å². The van der Waals surface area contributed by atoms with Crippen molar-refractivity contribution in [3.8, 4) is 0 Å². The van der Waals surface area contributed by atoms with Crippen LogP contribution >= 0.6 is 0 Å². The Bertz CT molecular complexity index is 620. The average molecular weight is 272 g/mol. The zero-order valence-corrected chi connectivity index (χ0v) is 12.4. The molecule has 0 saturated carbocycles. The van der Waals surface area contributed by atoms with Crippen LogP contribution in [0.3, 0.4) is 0 Å². The second-order valence-corrected chi connectivity index (χ2v) is 5.31. The topological polar surface area (TPSA) is 29.3 Å². The third-order valence-electron chi connectivity index (χ3n) is 3.56. The smallest absolute Gasteiger partial charge is 0.130 e. The molecule has 0 radical (unpaired) electrons. The molecule has 2 rings (SSSR count). The first kappa shape index (κ1) is 14.5. The molecule has 2 aromatic rings. The van der Waals surface area contributed by atoms with Gasteiger partial charge in [-0.1, -0.05) is 23.8 Å². The van der Waals surface area contributed by atoms with Gasteiger partial charge in [-0.05, 0) is 44.5 Å². The van der Waals surface area contributed by atoms with Gasteiger partial charge < -0.3 is 10.6 Å². The number of hydrogen-bond donors (Lipinski definition) is 1. The van der Waals surface area contributed by atoms with Crippen LogP contribution < -0.4 is 10.6 Å². The molecule has 2 nitrogen and oxygen atoms in total. The molecule has 2 N–H and O–H groups in total. The van der Waals surface area contributed by atoms with Crippen molar-refractivity contribution in [2.75, 3.05) is 11.9 Å². The summed E-state index contributed by atoms with van der Waals surface area (Å²) in [5, 5.41) is 0. The molecule has 0 bridgehead atoms. The number of rotatable bonds is 3. The Morgan fingerprint density at radius 1 is 1.10 bits per heavy atom. The number of nitrogens with two attached hydrogens (primary N) is 1. The predicted molar refractivity (Wildman–Crippen MR) is 83.0 cm³/mol. The molecule has 0 fully saturated rings. The van der Waals surface area contributed by atoms with Crippen molar-refractivity contribution in [2.45, 2.75) is 26.8 Å². The fourth-order valence-electron chi connectivity index (χ4n) is 2.58. The van der Waals surface area contributed by atoms with Gasteiger partial charge in [0.25, 0.3) is 0 Å². The lowest BCUT2D eigenvalue weighted by atomic mass is 10.0. The number of hydrogen-bond acceptors (Lipinski definition) is 2. The van der Waals surface area contributed by atoms with Crippen LogP contribution in [0.2, 0.25) is 0 Å². The Balaban J connectivity index is 2.53. The van der Waals surface area contributed by atoms with Gasteiger partial charge in [0, 0.05) is 30.0 Å². The molecule has 106 valence electrons. The van der Waals surface area contributed by atoms with E-state index in [0.29, 0.717) is 5.56 Å². The van der Waals surface area contributed by atoms with Gasteiger partial charge >= 0.3 is 0 Å². The largest absolute Gasteiger partial charge is 0.344 e. The lowest BCUT2D eigenvalue weighted by Gasteiger charge is -2.26. The summed E-state index contributed by atoms with van der Waals surface area (Å²) in [7, 11) is 1.94. The highest BCUT2D eigenvalue weighted by molar-refractivity contribution is 5.69. The van der Waals surface area contributed by atoms with E-state index in [0.717, 1.165) is 16.9 Å². The Hall–Kier alpha value is -1.87. The van der Waals surface area contributed by atoms with Crippen LogP contribution in [-0.2, 0) is 0 Å². The fraction of sp³-hybridized carbons (Fsp3) is 0.294. The number of aryl methyl sites for hydroxylation is 2. The molecule has 0 aliphatic heterocycles. The maximum Gasteiger partial charge on any atom is 0.130 e. The minimum atomic E-state index is -0.348. The Morgan fingerprint density at radius 2 is 1.80 bits per heavy atom. The van der Waals surface area contributed by atoms with Crippen molar-refractivity contribution in [1.82, 2.24) is 0 Å². The first-order valence-electron chi connectivity index (χ1n) is 6.76. The van der Waals surface area contributed by atoms with E-state index in [9.17, 15) is 4.39 Å². The number of halogens is 1. The summed E-state index contributed by atoms with van der Waals surface area (Å²) >= 11 is 0. The van der Waals surface area contributed by atoms with E-state index in [1.165, 1.54) is 11.6 Å². The van der Waals surface area contributed by atoms with Crippen molar-refractivity contribution < 1.29 is 4.39 Å². The SMILES string of the molecule is Cc1ccc(N(C)c2cccc(F)c2[C@H](C)N)c(C)c1. The molecule has 1 atom stereocenters. The highest BCUT2D eigenvalue weighted by atomic mass is 19.1. The third kappa shape index (κ3) is 2.68. The highest BCUT2D eigenvalue weighted by Gasteiger charge is 2.17. The van der Waals surface area contributed by atoms with Crippen LogP contribution in [0.25, 0.3) is 0 Å². The van der Waals surface area contributed by atoms with Crippen LogP contribution in [0.15, 0.2) is 36.4 Å². The van der Waals surface area contributed by atoms with Gasteiger partial charge in [0.1, 0.15) is 5.82 Å². The van der Waals surface area contributed by atoms with Crippen LogP contribution in [0.4, 0.5) is 15.8 Å². The Morgan fingerprint density at radius 3 is 2.40 bits per heavy atom. The third-order valence-corrected chi connectivity index (χ3v) is 3.56. The fourth-order valence-corrected chi connectivity index (χ4v) is 2.58. The van der Waals surface area contributed by atoms with E-state index in [2.05, 4.69) is 32.0 Å². The van der Waals surface area contributed by atoms with E-state index in [-0.39, 0.29) is 11.9 Å². The molecule has 0 aliphatic rings. The summed E-state index contributed by atoms with van der Waals surface area (Å²) in [4.78, 5) is 2.00. The molecule has 2 aromatic carbocycles. The summed E-state index contributed by atoms with van der Waals surface area (Å²) in [5.74, 6) is -0.255. The van der Waals surface area contributed by atoms with Gasteiger partial charge in [0.2, 0.25) is 0 Å². The van der Waals surface area contributed by atoms with E-state index in [4.69, 9.17) is 5.73 Å². The van der Waals surface area contributed by atoms with E-state index >= 15 is 0 Å². The molecule has 0 spiro atoms. The normalized spacial score (nSPS) is 12.3. The lowest BCUT2D eigenvalue weighted by Crippen LogP contribution is -2.17. The summed E-state index contributed by atoms with van der Waals surface area (Å²) in [6.07, 6.45) is 0. The molecule has 0 heterocycles. The van der Waals surface area contributed by atoms with Crippen LogP contribution in [0, 0.1) is 19.7 Å². The van der Waals surface area contributed by atoms with Gasteiger partial charge in [-0.25, -0.2) is 4.39 Å². The van der Waals surface area contributed by atoms with Crippen LogP contribution in [-0.4, -0.2) is 7.05 Å². The first-order chi connectivity index (χ1) is 9.41. The summed E-state index contributed by atoms with van der Waals surface area (Å²) in [6, 6.07) is 11.0. The second kappa shape index (κ2) is 5.63. The van der Waals surface area contributed by atoms with Gasteiger partial charge in [-0.2, -0.15) is 0 Å². The minimum absolute atomic E-state index is 0.255. The van der Waals surface area contributed by atoms with E-state index < -0.39 is 0 Å². The second-order valence-electron chi connectivity index (χ2n) is 5.31. The molecule has 0 amide bonds. The lowest BCUT2D eigenvalue weighted by molar-refractivity contribution is 0.594. The van der Waals surface area contributed by atoms with Crippen LogP contribution in [0.5, 0.6) is 0 Å². The zero-order valence-electron chi connectivity index (χ0n) is 12.4. The van der Waals surface area contributed by atoms with Gasteiger partial charge in [0.15, 0.2) is 0 Å². The molecule has 0 aliphatic carbocycles.